The second-order valence-corrected chi connectivity index (χ2v) is 17.0. The van der Waals surface area contributed by atoms with Crippen molar-refractivity contribution in [3.63, 3.8) is 0 Å². The molecule has 0 amide bonds. The van der Waals surface area contributed by atoms with Crippen molar-refractivity contribution in [2.24, 2.45) is 0 Å². The molecule has 0 rings (SSSR count). The molecule has 68 heavy (non-hydrogen) atoms. The van der Waals surface area contributed by atoms with Gasteiger partial charge in [0.15, 0.2) is 6.10 Å². The number of carbonyl (C=O) groups is 3. The lowest BCUT2D eigenvalue weighted by Crippen LogP contribution is -2.30. The van der Waals surface area contributed by atoms with Gasteiger partial charge in [0.05, 0.1) is 0 Å². The Labute approximate surface area is 417 Å². The fourth-order valence-corrected chi connectivity index (χ4v) is 6.61. The minimum atomic E-state index is -0.840. The van der Waals surface area contributed by atoms with Crippen LogP contribution in [0.3, 0.4) is 0 Å². The molecule has 0 N–H and O–H groups in total. The lowest BCUT2D eigenvalue weighted by atomic mass is 10.1. The molecule has 0 fully saturated rings. The molecule has 0 saturated heterocycles. The Morgan fingerprint density at radius 3 is 1.04 bits per heavy atom. The van der Waals surface area contributed by atoms with Crippen molar-refractivity contribution >= 4 is 17.9 Å². The van der Waals surface area contributed by atoms with Gasteiger partial charge in [-0.1, -0.05) is 212 Å². The molecule has 6 nitrogen and oxygen atoms in total. The van der Waals surface area contributed by atoms with Gasteiger partial charge in [-0.05, 0) is 122 Å². The number of hydrogen-bond acceptors (Lipinski definition) is 6. The molecular weight excluding hydrogens is 841 g/mol. The van der Waals surface area contributed by atoms with E-state index in [1.165, 1.54) is 44.9 Å². The van der Waals surface area contributed by atoms with Crippen LogP contribution in [0.4, 0.5) is 0 Å². The fraction of sp³-hybridized carbons (Fsp3) is 0.565. The van der Waals surface area contributed by atoms with Crippen LogP contribution in [-0.4, -0.2) is 37.2 Å². The third-order valence-electron chi connectivity index (χ3n) is 10.6. The van der Waals surface area contributed by atoms with Crippen LogP contribution >= 0.6 is 0 Å². The molecule has 6 heteroatoms. The summed E-state index contributed by atoms with van der Waals surface area (Å²) in [4.78, 5) is 38.0. The van der Waals surface area contributed by atoms with E-state index in [2.05, 4.69) is 154 Å². The summed E-state index contributed by atoms with van der Waals surface area (Å²) < 4.78 is 16.7. The van der Waals surface area contributed by atoms with Crippen molar-refractivity contribution in [3.05, 3.63) is 146 Å². The molecule has 0 heterocycles. The van der Waals surface area contributed by atoms with E-state index in [-0.39, 0.29) is 50.4 Å². The average Bonchev–Trinajstić information content (AvgIpc) is 3.34. The Kier molecular flexibility index (Phi) is 51.1. The van der Waals surface area contributed by atoms with Crippen molar-refractivity contribution in [2.75, 3.05) is 13.2 Å². The van der Waals surface area contributed by atoms with Crippen molar-refractivity contribution in [3.8, 4) is 0 Å². The number of unbranched alkanes of at least 4 members (excludes halogenated alkanes) is 11. The summed E-state index contributed by atoms with van der Waals surface area (Å²) in [6.07, 6.45) is 78.5. The summed E-state index contributed by atoms with van der Waals surface area (Å²) in [5.41, 5.74) is 0. The summed E-state index contributed by atoms with van der Waals surface area (Å²) >= 11 is 0. The van der Waals surface area contributed by atoms with Crippen LogP contribution in [0.25, 0.3) is 0 Å². The van der Waals surface area contributed by atoms with Gasteiger partial charge in [0, 0.05) is 19.3 Å². The molecule has 0 aromatic rings. The Morgan fingerprint density at radius 1 is 0.309 bits per heavy atom. The Morgan fingerprint density at radius 2 is 0.618 bits per heavy atom. The lowest BCUT2D eigenvalue weighted by molar-refractivity contribution is -0.166. The number of allylic oxidation sites excluding steroid dienone is 24. The predicted octanol–water partition coefficient (Wildman–Crippen LogP) is 18.0. The minimum Gasteiger partial charge on any atom is -0.462 e. The Bertz CT molecular complexity index is 1540. The molecule has 1 unspecified atom stereocenters. The van der Waals surface area contributed by atoms with Gasteiger partial charge in [-0.25, -0.2) is 0 Å². The third-order valence-corrected chi connectivity index (χ3v) is 10.6. The van der Waals surface area contributed by atoms with Crippen LogP contribution in [0.1, 0.15) is 207 Å². The highest BCUT2D eigenvalue weighted by Gasteiger charge is 2.19. The first-order valence-corrected chi connectivity index (χ1v) is 26.8. The van der Waals surface area contributed by atoms with Crippen LogP contribution < -0.4 is 0 Å². The highest BCUT2D eigenvalue weighted by molar-refractivity contribution is 5.71. The van der Waals surface area contributed by atoms with Gasteiger partial charge in [0.1, 0.15) is 13.2 Å². The molecule has 0 radical (unpaired) electrons. The van der Waals surface area contributed by atoms with Crippen LogP contribution in [0.5, 0.6) is 0 Å². The predicted molar refractivity (Wildman–Crippen MR) is 292 cm³/mol. The first-order valence-electron chi connectivity index (χ1n) is 26.8. The maximum Gasteiger partial charge on any atom is 0.306 e. The molecule has 0 bridgehead atoms. The lowest BCUT2D eigenvalue weighted by Gasteiger charge is -2.18. The average molecular weight is 937 g/mol. The smallest absolute Gasteiger partial charge is 0.306 e. The van der Waals surface area contributed by atoms with Crippen LogP contribution in [0.2, 0.25) is 0 Å². The molecule has 0 aliphatic heterocycles. The van der Waals surface area contributed by atoms with E-state index in [1.807, 2.05) is 12.2 Å². The van der Waals surface area contributed by atoms with E-state index in [9.17, 15) is 14.4 Å². The third kappa shape index (κ3) is 52.3. The SMILES string of the molecule is CC/C=C\C/C=C\C/C=C\C/C=C\C/C=C\C/C=C\C/C=C\CCCC(=O)OCC(COC(=O)CC/C=C\C/C=C\C/C=C\C/C=C\CC)OC(=O)CCCCCCC/C=C\CCCCCCC. The summed E-state index contributed by atoms with van der Waals surface area (Å²) in [5, 5.41) is 0. The van der Waals surface area contributed by atoms with Gasteiger partial charge in [0.2, 0.25) is 0 Å². The van der Waals surface area contributed by atoms with Crippen molar-refractivity contribution in [1.29, 1.82) is 0 Å². The molecule has 380 valence electrons. The zero-order valence-electron chi connectivity index (χ0n) is 43.3. The molecule has 0 aliphatic rings. The topological polar surface area (TPSA) is 78.9 Å². The van der Waals surface area contributed by atoms with Crippen molar-refractivity contribution in [1.82, 2.24) is 0 Å². The van der Waals surface area contributed by atoms with Crippen LogP contribution in [-0.2, 0) is 28.6 Å². The standard InChI is InChI=1S/C62H96O6/c1-4-7-10-13-16-19-22-25-27-28-29-30-31-32-33-34-35-38-40-43-46-49-52-55-61(64)67-58-59(57-66-60(63)54-51-48-45-42-39-36-24-21-18-15-12-9-6-3)68-62(65)56-53-50-47-44-41-37-26-23-20-17-14-11-8-5-2/h7,9-10,12,16,18-19,21,23,25-27,29-30,32-33,35-36,38-39,43,45-46,48,59H,4-6,8,11,13-15,17,20,22,24,28,31,34,37,40-42,44,47,49-58H2,1-3H3/b10-7-,12-9-,19-16-,21-18-,26-23-,27-25-,30-29-,33-32-,38-35-,39-36-,46-43-,48-45-. The quantitative estimate of drug-likeness (QED) is 0.0262. The molecule has 0 aromatic heterocycles. The van der Waals surface area contributed by atoms with E-state index in [0.717, 1.165) is 109 Å². The van der Waals surface area contributed by atoms with Crippen molar-refractivity contribution < 1.29 is 28.6 Å². The summed E-state index contributed by atoms with van der Waals surface area (Å²) in [6, 6.07) is 0. The van der Waals surface area contributed by atoms with Gasteiger partial charge in [-0.2, -0.15) is 0 Å². The van der Waals surface area contributed by atoms with Gasteiger partial charge in [-0.15, -0.1) is 0 Å². The second kappa shape index (κ2) is 54.9. The minimum absolute atomic E-state index is 0.139. The van der Waals surface area contributed by atoms with Gasteiger partial charge in [0.25, 0.3) is 0 Å². The zero-order valence-corrected chi connectivity index (χ0v) is 43.3. The number of esters is 3. The Hall–Kier alpha value is -4.71. The summed E-state index contributed by atoms with van der Waals surface area (Å²) in [7, 11) is 0. The molecule has 0 saturated carbocycles. The number of rotatable bonds is 46. The summed E-state index contributed by atoms with van der Waals surface area (Å²) in [6.45, 7) is 6.25. The van der Waals surface area contributed by atoms with Gasteiger partial charge >= 0.3 is 17.9 Å². The van der Waals surface area contributed by atoms with E-state index in [1.54, 1.807) is 0 Å². The van der Waals surface area contributed by atoms with E-state index in [4.69, 9.17) is 14.2 Å². The highest BCUT2D eigenvalue weighted by Crippen LogP contribution is 2.12. The first kappa shape index (κ1) is 63.3. The van der Waals surface area contributed by atoms with E-state index < -0.39 is 6.10 Å². The largest absolute Gasteiger partial charge is 0.462 e. The monoisotopic (exact) mass is 937 g/mol. The van der Waals surface area contributed by atoms with E-state index in [0.29, 0.717) is 12.8 Å². The second-order valence-electron chi connectivity index (χ2n) is 17.0. The van der Waals surface area contributed by atoms with Gasteiger partial charge < -0.3 is 14.2 Å². The molecule has 1 atom stereocenters. The van der Waals surface area contributed by atoms with Gasteiger partial charge in [-0.3, -0.25) is 14.4 Å². The fourth-order valence-electron chi connectivity index (χ4n) is 6.61. The maximum atomic E-state index is 12.8. The number of ether oxygens (including phenoxy) is 3. The van der Waals surface area contributed by atoms with Crippen LogP contribution in [0, 0.1) is 0 Å². The molecular formula is C62H96O6. The number of hydrogen-bond donors (Lipinski definition) is 0. The zero-order chi connectivity index (χ0) is 49.3. The van der Waals surface area contributed by atoms with E-state index >= 15 is 0 Å². The molecule has 0 spiro atoms. The maximum absolute atomic E-state index is 12.8. The first-order chi connectivity index (χ1) is 33.5. The van der Waals surface area contributed by atoms with Crippen LogP contribution in [0.15, 0.2) is 146 Å². The molecule has 0 aliphatic carbocycles. The highest BCUT2D eigenvalue weighted by atomic mass is 16.6. The number of carbonyl (C=O) groups excluding carboxylic acids is 3. The normalized spacial score (nSPS) is 13.3. The van der Waals surface area contributed by atoms with Crippen molar-refractivity contribution in [2.45, 2.75) is 213 Å². The summed E-state index contributed by atoms with van der Waals surface area (Å²) in [5.74, 6) is -1.10. The Balaban J connectivity index is 4.56. The molecule has 0 aromatic carbocycles.